The Morgan fingerprint density at radius 2 is 1.86 bits per heavy atom. The minimum atomic E-state index is -0.455. The first-order valence-corrected chi connectivity index (χ1v) is 7.86. The molecule has 1 aliphatic heterocycles. The van der Waals surface area contributed by atoms with Crippen LogP contribution < -0.4 is 0 Å². The number of amides is 1. The van der Waals surface area contributed by atoms with Crippen molar-refractivity contribution in [3.8, 4) is 0 Å². The summed E-state index contributed by atoms with van der Waals surface area (Å²) in [6.07, 6.45) is 5.81. The topological polar surface area (TPSA) is 32.8 Å². The number of carbonyl (C=O) groups is 1. The number of rotatable bonds is 3. The molecule has 0 aromatic carbocycles. The number of ether oxygens (including phenoxy) is 1. The van der Waals surface area contributed by atoms with Gasteiger partial charge in [-0.15, -0.1) is 0 Å². The maximum absolute atomic E-state index is 12.2. The summed E-state index contributed by atoms with van der Waals surface area (Å²) in [5.74, 6) is 0. The van der Waals surface area contributed by atoms with E-state index < -0.39 is 5.60 Å². The van der Waals surface area contributed by atoms with E-state index in [1.54, 1.807) is 0 Å². The van der Waals surface area contributed by atoms with E-state index in [1.807, 2.05) is 31.7 Å². The van der Waals surface area contributed by atoms with Crippen LogP contribution in [0.2, 0.25) is 0 Å². The quantitative estimate of drug-likeness (QED) is 0.740. The molecule has 1 heterocycles. The molecule has 1 atom stereocenters. The SMILES string of the molecule is C=CC(=CC=C(C)C)N1CCN(C(=O)OC(C)(C)C)C(C)C1. The molecule has 1 aliphatic rings. The molecule has 0 spiro atoms. The Balaban J connectivity index is 2.73. The molecule has 0 aliphatic carbocycles. The number of piperazine rings is 1. The van der Waals surface area contributed by atoms with Crippen molar-refractivity contribution in [2.75, 3.05) is 19.6 Å². The second-order valence-electron chi connectivity index (χ2n) is 7.01. The zero-order valence-electron chi connectivity index (χ0n) is 14.8. The van der Waals surface area contributed by atoms with Crippen molar-refractivity contribution < 1.29 is 9.53 Å². The van der Waals surface area contributed by atoms with Gasteiger partial charge in [0.25, 0.3) is 0 Å². The molecule has 0 radical (unpaired) electrons. The average Bonchev–Trinajstić information content (AvgIpc) is 2.37. The van der Waals surface area contributed by atoms with Crippen LogP contribution in [0.25, 0.3) is 0 Å². The predicted octanol–water partition coefficient (Wildman–Crippen LogP) is 3.96. The molecule has 0 N–H and O–H groups in total. The summed E-state index contributed by atoms with van der Waals surface area (Å²) in [5, 5.41) is 0. The van der Waals surface area contributed by atoms with E-state index in [4.69, 9.17) is 4.74 Å². The third-order valence-corrected chi connectivity index (χ3v) is 3.42. The Kier molecular flexibility index (Phi) is 6.27. The fraction of sp³-hybridized carbons (Fsp3) is 0.611. The third-order valence-electron chi connectivity index (χ3n) is 3.42. The third kappa shape index (κ3) is 5.58. The summed E-state index contributed by atoms with van der Waals surface area (Å²) in [5.41, 5.74) is 1.89. The number of carbonyl (C=O) groups excluding carboxylic acids is 1. The standard InChI is InChI=1S/C18H30N2O2/c1-8-16(10-9-14(2)3)19-11-12-20(15(4)13-19)17(21)22-18(5,6)7/h8-10,15H,1,11-13H2,2-7H3. The fourth-order valence-electron chi connectivity index (χ4n) is 2.34. The highest BCUT2D eigenvalue weighted by atomic mass is 16.6. The Morgan fingerprint density at radius 1 is 1.23 bits per heavy atom. The van der Waals surface area contributed by atoms with Gasteiger partial charge in [0.1, 0.15) is 5.60 Å². The molecule has 1 rings (SSSR count). The van der Waals surface area contributed by atoms with Gasteiger partial charge in [-0.2, -0.15) is 0 Å². The van der Waals surface area contributed by atoms with E-state index in [-0.39, 0.29) is 12.1 Å². The lowest BCUT2D eigenvalue weighted by molar-refractivity contribution is 0.00534. The van der Waals surface area contributed by atoms with Crippen LogP contribution in [0.3, 0.4) is 0 Å². The highest BCUT2D eigenvalue weighted by molar-refractivity contribution is 5.68. The van der Waals surface area contributed by atoms with E-state index in [0.29, 0.717) is 6.54 Å². The van der Waals surface area contributed by atoms with Crippen molar-refractivity contribution in [3.63, 3.8) is 0 Å². The average molecular weight is 306 g/mol. The van der Waals surface area contributed by atoms with Gasteiger partial charge in [0.2, 0.25) is 0 Å². The summed E-state index contributed by atoms with van der Waals surface area (Å²) in [4.78, 5) is 16.3. The highest BCUT2D eigenvalue weighted by Crippen LogP contribution is 2.18. The summed E-state index contributed by atoms with van der Waals surface area (Å²) in [6.45, 7) is 18.0. The largest absolute Gasteiger partial charge is 0.444 e. The molecule has 124 valence electrons. The fourth-order valence-corrected chi connectivity index (χ4v) is 2.34. The summed E-state index contributed by atoms with van der Waals surface area (Å²) in [6, 6.07) is 0.110. The smallest absolute Gasteiger partial charge is 0.410 e. The molecule has 0 saturated carbocycles. The molecule has 0 bridgehead atoms. The minimum Gasteiger partial charge on any atom is -0.444 e. The van der Waals surface area contributed by atoms with Crippen molar-refractivity contribution in [1.82, 2.24) is 9.80 Å². The van der Waals surface area contributed by atoms with Crippen LogP contribution in [0, 0.1) is 0 Å². The molecule has 1 unspecified atom stereocenters. The van der Waals surface area contributed by atoms with Crippen LogP contribution >= 0.6 is 0 Å². The Morgan fingerprint density at radius 3 is 2.32 bits per heavy atom. The lowest BCUT2D eigenvalue weighted by atomic mass is 10.1. The van der Waals surface area contributed by atoms with Crippen molar-refractivity contribution in [2.45, 2.75) is 53.2 Å². The van der Waals surface area contributed by atoms with Crippen molar-refractivity contribution in [1.29, 1.82) is 0 Å². The van der Waals surface area contributed by atoms with Crippen LogP contribution in [0.1, 0.15) is 41.5 Å². The second-order valence-corrected chi connectivity index (χ2v) is 7.01. The Labute approximate surface area is 135 Å². The molecule has 0 aromatic heterocycles. The summed E-state index contributed by atoms with van der Waals surface area (Å²) in [7, 11) is 0. The number of allylic oxidation sites excluding steroid dienone is 4. The molecular weight excluding hydrogens is 276 g/mol. The monoisotopic (exact) mass is 306 g/mol. The van der Waals surface area contributed by atoms with E-state index >= 15 is 0 Å². The molecule has 1 fully saturated rings. The van der Waals surface area contributed by atoms with E-state index in [2.05, 4.69) is 44.4 Å². The first-order chi connectivity index (χ1) is 10.1. The first kappa shape index (κ1) is 18.3. The molecule has 1 amide bonds. The predicted molar refractivity (Wildman–Crippen MR) is 91.7 cm³/mol. The van der Waals surface area contributed by atoms with Crippen molar-refractivity contribution in [2.24, 2.45) is 0 Å². The zero-order valence-corrected chi connectivity index (χ0v) is 14.8. The molecule has 4 heteroatoms. The lowest BCUT2D eigenvalue weighted by Crippen LogP contribution is -2.54. The minimum absolute atomic E-state index is 0.110. The van der Waals surface area contributed by atoms with Crippen LogP contribution in [0.4, 0.5) is 4.79 Å². The van der Waals surface area contributed by atoms with Gasteiger partial charge < -0.3 is 14.5 Å². The molecule has 4 nitrogen and oxygen atoms in total. The van der Waals surface area contributed by atoms with Gasteiger partial charge in [-0.1, -0.05) is 18.2 Å². The first-order valence-electron chi connectivity index (χ1n) is 7.86. The maximum atomic E-state index is 12.2. The van der Waals surface area contributed by atoms with Crippen molar-refractivity contribution in [3.05, 3.63) is 36.1 Å². The van der Waals surface area contributed by atoms with E-state index in [0.717, 1.165) is 18.8 Å². The zero-order chi connectivity index (χ0) is 16.9. The second kappa shape index (κ2) is 7.52. The molecular formula is C18H30N2O2. The highest BCUT2D eigenvalue weighted by Gasteiger charge is 2.30. The molecule has 0 aromatic rings. The van der Waals surface area contributed by atoms with Gasteiger partial charge in [0, 0.05) is 31.4 Å². The van der Waals surface area contributed by atoms with Gasteiger partial charge >= 0.3 is 6.09 Å². The summed E-state index contributed by atoms with van der Waals surface area (Å²) < 4.78 is 5.47. The van der Waals surface area contributed by atoms with E-state index in [1.165, 1.54) is 5.57 Å². The number of nitrogens with zero attached hydrogens (tertiary/aromatic N) is 2. The van der Waals surface area contributed by atoms with Gasteiger partial charge in [0.05, 0.1) is 0 Å². The number of hydrogen-bond acceptors (Lipinski definition) is 3. The molecule has 1 saturated heterocycles. The van der Waals surface area contributed by atoms with Crippen LogP contribution in [0.15, 0.2) is 36.1 Å². The van der Waals surface area contributed by atoms with E-state index in [9.17, 15) is 4.79 Å². The summed E-state index contributed by atoms with van der Waals surface area (Å²) >= 11 is 0. The van der Waals surface area contributed by atoms with Crippen LogP contribution in [-0.4, -0.2) is 47.2 Å². The Hall–Kier alpha value is -1.71. The normalized spacial score (nSPS) is 19.7. The van der Waals surface area contributed by atoms with Crippen LogP contribution in [-0.2, 0) is 4.74 Å². The van der Waals surface area contributed by atoms with Crippen molar-refractivity contribution >= 4 is 6.09 Å². The maximum Gasteiger partial charge on any atom is 0.410 e. The van der Waals surface area contributed by atoms with Gasteiger partial charge in [0.15, 0.2) is 0 Å². The molecule has 22 heavy (non-hydrogen) atoms. The Bertz CT molecular complexity index is 468. The lowest BCUT2D eigenvalue weighted by Gasteiger charge is -2.41. The van der Waals surface area contributed by atoms with Gasteiger partial charge in [-0.25, -0.2) is 4.79 Å². The van der Waals surface area contributed by atoms with Gasteiger partial charge in [-0.3, -0.25) is 0 Å². The van der Waals surface area contributed by atoms with Gasteiger partial charge in [-0.05, 0) is 53.7 Å². The number of hydrogen-bond donors (Lipinski definition) is 0. The van der Waals surface area contributed by atoms with Crippen LogP contribution in [0.5, 0.6) is 0 Å².